The molecule has 3 rings (SSSR count). The molecule has 19 heavy (non-hydrogen) atoms. The number of nitrogens with zero attached hydrogens (tertiary/aromatic N) is 3. The van der Waals surface area contributed by atoms with Gasteiger partial charge >= 0.3 is 6.18 Å². The molecule has 0 atom stereocenters. The van der Waals surface area contributed by atoms with Gasteiger partial charge in [-0.15, -0.1) is 0 Å². The van der Waals surface area contributed by atoms with Crippen LogP contribution in [0.1, 0.15) is 5.56 Å². The van der Waals surface area contributed by atoms with E-state index in [-0.39, 0.29) is 21.8 Å². The van der Waals surface area contributed by atoms with Gasteiger partial charge in [-0.05, 0) is 6.07 Å². The number of hydrogen-bond acceptors (Lipinski definition) is 3. The third-order valence-corrected chi connectivity index (χ3v) is 2.85. The fourth-order valence-corrected chi connectivity index (χ4v) is 1.99. The van der Waals surface area contributed by atoms with E-state index in [1.807, 2.05) is 0 Å². The maximum Gasteiger partial charge on any atom is 0.417 e. The van der Waals surface area contributed by atoms with Crippen LogP contribution in [0.15, 0.2) is 23.4 Å². The van der Waals surface area contributed by atoms with Gasteiger partial charge in [-0.25, -0.2) is 9.97 Å². The van der Waals surface area contributed by atoms with Crippen LogP contribution in [-0.2, 0) is 6.18 Å². The van der Waals surface area contributed by atoms with Crippen LogP contribution in [0.5, 0.6) is 0 Å². The van der Waals surface area contributed by atoms with Crippen LogP contribution in [0, 0.1) is 0 Å². The summed E-state index contributed by atoms with van der Waals surface area (Å²) < 4.78 is 39.2. The lowest BCUT2D eigenvalue weighted by molar-refractivity contribution is -0.137. The Kier molecular flexibility index (Phi) is 2.33. The van der Waals surface area contributed by atoms with E-state index in [0.717, 1.165) is 23.0 Å². The summed E-state index contributed by atoms with van der Waals surface area (Å²) in [5.41, 5.74) is -1.48. The number of fused-ring (bicyclic) bond motifs is 3. The SMILES string of the molecule is O=c1[nH]cnc2c1nc1c(Cl)cc(C(F)(F)F)cn12. The normalized spacial score (nSPS) is 12.4. The van der Waals surface area contributed by atoms with Gasteiger partial charge in [0.25, 0.3) is 5.56 Å². The second kappa shape index (κ2) is 3.70. The van der Waals surface area contributed by atoms with Crippen molar-refractivity contribution in [1.82, 2.24) is 19.4 Å². The number of rotatable bonds is 0. The van der Waals surface area contributed by atoms with Gasteiger partial charge < -0.3 is 4.98 Å². The van der Waals surface area contributed by atoms with Crippen LogP contribution in [0.4, 0.5) is 13.2 Å². The topological polar surface area (TPSA) is 63.0 Å². The molecule has 0 radical (unpaired) electrons. The molecule has 9 heteroatoms. The van der Waals surface area contributed by atoms with Crippen LogP contribution in [0.25, 0.3) is 16.8 Å². The van der Waals surface area contributed by atoms with Gasteiger partial charge in [0.1, 0.15) is 0 Å². The van der Waals surface area contributed by atoms with Crippen molar-refractivity contribution in [2.75, 3.05) is 0 Å². The first-order valence-corrected chi connectivity index (χ1v) is 5.38. The van der Waals surface area contributed by atoms with E-state index in [1.54, 1.807) is 0 Å². The summed E-state index contributed by atoms with van der Waals surface area (Å²) in [5, 5.41) is -0.202. The monoisotopic (exact) mass is 288 g/mol. The van der Waals surface area contributed by atoms with E-state index in [1.165, 1.54) is 0 Å². The number of imidazole rings is 1. The van der Waals surface area contributed by atoms with E-state index in [9.17, 15) is 18.0 Å². The molecule has 98 valence electrons. The molecular formula is C10H4ClF3N4O. The number of aromatic amines is 1. The van der Waals surface area contributed by atoms with E-state index in [2.05, 4.69) is 15.0 Å². The molecule has 0 unspecified atom stereocenters. The summed E-state index contributed by atoms with van der Waals surface area (Å²) in [7, 11) is 0. The Labute approximate surface area is 107 Å². The Balaban J connectivity index is 2.50. The predicted octanol–water partition coefficient (Wildman–Crippen LogP) is 2.24. The Morgan fingerprint density at radius 1 is 1.32 bits per heavy atom. The molecule has 5 nitrogen and oxygen atoms in total. The van der Waals surface area contributed by atoms with Crippen LogP contribution in [0.2, 0.25) is 5.02 Å². The smallest absolute Gasteiger partial charge is 0.311 e. The fourth-order valence-electron chi connectivity index (χ4n) is 1.74. The van der Waals surface area contributed by atoms with E-state index >= 15 is 0 Å². The van der Waals surface area contributed by atoms with Crippen molar-refractivity contribution >= 4 is 28.4 Å². The third-order valence-electron chi connectivity index (χ3n) is 2.57. The summed E-state index contributed by atoms with van der Waals surface area (Å²) in [6.45, 7) is 0. The van der Waals surface area contributed by atoms with Crippen molar-refractivity contribution in [3.8, 4) is 0 Å². The van der Waals surface area contributed by atoms with Crippen molar-refractivity contribution < 1.29 is 13.2 Å². The van der Waals surface area contributed by atoms with Crippen molar-refractivity contribution in [2.24, 2.45) is 0 Å². The van der Waals surface area contributed by atoms with Crippen molar-refractivity contribution in [3.05, 3.63) is 39.5 Å². The molecule has 1 N–H and O–H groups in total. The summed E-state index contributed by atoms with van der Waals surface area (Å²) in [6, 6.07) is 0.761. The number of hydrogen-bond donors (Lipinski definition) is 1. The van der Waals surface area contributed by atoms with Crippen LogP contribution >= 0.6 is 11.6 Å². The van der Waals surface area contributed by atoms with Crippen molar-refractivity contribution in [1.29, 1.82) is 0 Å². The lowest BCUT2D eigenvalue weighted by Gasteiger charge is -2.07. The minimum atomic E-state index is -4.55. The third kappa shape index (κ3) is 1.75. The zero-order chi connectivity index (χ0) is 13.8. The predicted molar refractivity (Wildman–Crippen MR) is 61.1 cm³/mol. The average Bonchev–Trinajstić information content (AvgIpc) is 2.69. The van der Waals surface area contributed by atoms with E-state index in [4.69, 9.17) is 11.6 Å². The molecule has 0 aliphatic rings. The zero-order valence-corrected chi connectivity index (χ0v) is 9.75. The zero-order valence-electron chi connectivity index (χ0n) is 8.99. The Hall–Kier alpha value is -2.09. The average molecular weight is 289 g/mol. The van der Waals surface area contributed by atoms with Gasteiger partial charge in [0.2, 0.25) is 0 Å². The highest BCUT2D eigenvalue weighted by Gasteiger charge is 2.32. The summed E-state index contributed by atoms with van der Waals surface area (Å²) in [6.07, 6.45) is -2.65. The minimum Gasteiger partial charge on any atom is -0.311 e. The molecule has 0 aliphatic heterocycles. The summed E-state index contributed by atoms with van der Waals surface area (Å²) in [5.74, 6) is 0. The highest BCUT2D eigenvalue weighted by molar-refractivity contribution is 6.33. The first-order chi connectivity index (χ1) is 8.88. The first kappa shape index (κ1) is 12.0. The first-order valence-electron chi connectivity index (χ1n) is 5.00. The number of pyridine rings is 1. The van der Waals surface area contributed by atoms with Gasteiger partial charge in [-0.2, -0.15) is 13.2 Å². The molecule has 3 heterocycles. The van der Waals surface area contributed by atoms with E-state index in [0.29, 0.717) is 0 Å². The molecule has 0 aromatic carbocycles. The lowest BCUT2D eigenvalue weighted by Crippen LogP contribution is -2.07. The number of nitrogens with one attached hydrogen (secondary N) is 1. The maximum atomic E-state index is 12.7. The Morgan fingerprint density at radius 3 is 2.74 bits per heavy atom. The molecule has 0 fully saturated rings. The molecule has 0 aliphatic carbocycles. The Bertz CT molecular complexity index is 851. The van der Waals surface area contributed by atoms with Gasteiger partial charge in [0.15, 0.2) is 16.8 Å². The molecule has 0 saturated heterocycles. The molecular weight excluding hydrogens is 285 g/mol. The van der Waals surface area contributed by atoms with Gasteiger partial charge in [0, 0.05) is 6.20 Å². The Morgan fingerprint density at radius 2 is 2.05 bits per heavy atom. The summed E-state index contributed by atoms with van der Waals surface area (Å²) >= 11 is 5.77. The molecule has 0 bridgehead atoms. The van der Waals surface area contributed by atoms with Gasteiger partial charge in [0.05, 0.1) is 16.9 Å². The quantitative estimate of drug-likeness (QED) is 0.690. The summed E-state index contributed by atoms with van der Waals surface area (Å²) in [4.78, 5) is 21.5. The molecule has 0 saturated carbocycles. The second-order valence-corrected chi connectivity index (χ2v) is 4.19. The largest absolute Gasteiger partial charge is 0.417 e. The van der Waals surface area contributed by atoms with Gasteiger partial charge in [-0.3, -0.25) is 9.20 Å². The number of halogens is 4. The van der Waals surface area contributed by atoms with E-state index < -0.39 is 17.3 Å². The number of alkyl halides is 3. The molecule has 0 amide bonds. The second-order valence-electron chi connectivity index (χ2n) is 3.78. The maximum absolute atomic E-state index is 12.7. The van der Waals surface area contributed by atoms with Crippen LogP contribution < -0.4 is 5.56 Å². The molecule has 3 aromatic heterocycles. The van der Waals surface area contributed by atoms with Crippen molar-refractivity contribution in [3.63, 3.8) is 0 Å². The fraction of sp³-hybridized carbons (Fsp3) is 0.100. The molecule has 3 aromatic rings. The standard InChI is InChI=1S/C10H4ClF3N4O/c11-5-1-4(10(12,13)14)2-18-7(5)17-6-8(18)15-3-16-9(6)19/h1-3H,(H,15,16,19). The lowest BCUT2D eigenvalue weighted by atomic mass is 10.3. The van der Waals surface area contributed by atoms with Crippen LogP contribution in [-0.4, -0.2) is 19.4 Å². The highest BCUT2D eigenvalue weighted by Crippen LogP contribution is 2.32. The van der Waals surface area contributed by atoms with Crippen LogP contribution in [0.3, 0.4) is 0 Å². The highest BCUT2D eigenvalue weighted by atomic mass is 35.5. The number of aromatic nitrogens is 4. The minimum absolute atomic E-state index is 0.0201. The molecule has 0 spiro atoms. The number of H-pyrrole nitrogens is 1. The van der Waals surface area contributed by atoms with Crippen molar-refractivity contribution in [2.45, 2.75) is 6.18 Å². The van der Waals surface area contributed by atoms with Gasteiger partial charge in [-0.1, -0.05) is 11.6 Å².